The van der Waals surface area contributed by atoms with Crippen molar-refractivity contribution >= 4 is 23.2 Å². The van der Waals surface area contributed by atoms with E-state index in [4.69, 9.17) is 21.1 Å². The predicted octanol–water partition coefficient (Wildman–Crippen LogP) is 2.97. The maximum atomic E-state index is 15.5. The van der Waals surface area contributed by atoms with Gasteiger partial charge in [0.25, 0.3) is 0 Å². The Balaban J connectivity index is 1.63. The smallest absolute Gasteiger partial charge is 0.179 e. The number of carbonyl (C=O) groups excluding carboxylic acids is 2. The third-order valence-corrected chi connectivity index (χ3v) is 9.30. The summed E-state index contributed by atoms with van der Waals surface area (Å²) < 4.78 is 27.4. The first kappa shape index (κ1) is 20.1. The first-order chi connectivity index (χ1) is 13.8. The van der Waals surface area contributed by atoms with E-state index < -0.39 is 22.6 Å². The lowest BCUT2D eigenvalue weighted by molar-refractivity contribution is -0.189. The fourth-order valence-electron chi connectivity index (χ4n) is 7.78. The van der Waals surface area contributed by atoms with Gasteiger partial charge in [0.2, 0.25) is 0 Å². The van der Waals surface area contributed by atoms with E-state index in [-0.39, 0.29) is 48.1 Å². The van der Waals surface area contributed by atoms with Crippen LogP contribution in [0.4, 0.5) is 4.39 Å². The van der Waals surface area contributed by atoms with E-state index in [1.165, 1.54) is 6.08 Å². The Labute approximate surface area is 174 Å². The summed E-state index contributed by atoms with van der Waals surface area (Å²) in [4.78, 5) is 24.8. The van der Waals surface area contributed by atoms with Crippen LogP contribution >= 0.6 is 11.6 Å². The predicted molar refractivity (Wildman–Crippen MR) is 103 cm³/mol. The number of aliphatic hydroxyl groups is 1. The van der Waals surface area contributed by atoms with E-state index in [0.717, 1.165) is 0 Å². The summed E-state index contributed by atoms with van der Waals surface area (Å²) in [6, 6.07) is 0. The minimum absolute atomic E-state index is 0.0110. The number of ether oxygens (including phenoxy) is 2. The van der Waals surface area contributed by atoms with Crippen molar-refractivity contribution in [1.29, 1.82) is 0 Å². The van der Waals surface area contributed by atoms with Gasteiger partial charge < -0.3 is 14.6 Å². The Bertz CT molecular complexity index is 785. The third-order valence-electron chi connectivity index (χ3n) is 9.06. The first-order valence-electron chi connectivity index (χ1n) is 10.7. The number of hydrogen-bond acceptors (Lipinski definition) is 5. The van der Waals surface area contributed by atoms with E-state index in [9.17, 15) is 14.7 Å². The van der Waals surface area contributed by atoms with E-state index >= 15 is 4.39 Å². The monoisotopic (exact) mass is 426 g/mol. The summed E-state index contributed by atoms with van der Waals surface area (Å²) in [6.45, 7) is 2.42. The average Bonchev–Trinajstić information content (AvgIpc) is 2.84. The van der Waals surface area contributed by atoms with Crippen LogP contribution in [0, 0.1) is 28.6 Å². The Kier molecular flexibility index (Phi) is 4.57. The van der Waals surface area contributed by atoms with E-state index in [1.54, 1.807) is 0 Å². The zero-order chi connectivity index (χ0) is 20.6. The molecule has 0 bridgehead atoms. The van der Waals surface area contributed by atoms with Crippen LogP contribution in [0.5, 0.6) is 0 Å². The molecule has 0 aromatic rings. The highest BCUT2D eigenvalue weighted by Gasteiger charge is 2.70. The second kappa shape index (κ2) is 6.59. The molecule has 160 valence electrons. The number of Topliss-reactive ketones (excluding diaryl/α,β-unsaturated/α-hetero) is 1. The normalized spacial score (nSPS) is 51.4. The van der Waals surface area contributed by atoms with E-state index in [2.05, 4.69) is 0 Å². The van der Waals surface area contributed by atoms with Crippen LogP contribution in [0.15, 0.2) is 11.6 Å². The quantitative estimate of drug-likeness (QED) is 0.687. The molecule has 0 radical (unpaired) electrons. The van der Waals surface area contributed by atoms with Gasteiger partial charge in [-0.05, 0) is 55.6 Å². The van der Waals surface area contributed by atoms with Gasteiger partial charge in [0.05, 0.1) is 18.6 Å². The molecule has 4 fully saturated rings. The van der Waals surface area contributed by atoms with Crippen molar-refractivity contribution in [3.63, 3.8) is 0 Å². The highest BCUT2D eigenvalue weighted by Crippen LogP contribution is 2.68. The standard InChI is InChI=1S/C22H28ClFO5/c1-20-8-17-19-13(14(20)3-5-22(20,27)18(26)9-23)7-16(24)15-6-12(25)2-4-21(15,19)10-28-11-29-17/h6,13-14,16-17,19,27H,2-5,7-11H2,1H3/t13-,14-,16+,17-,19+,20-,21+,22-/m0/s1. The van der Waals surface area contributed by atoms with Gasteiger partial charge in [0.15, 0.2) is 11.6 Å². The fourth-order valence-corrected chi connectivity index (χ4v) is 8.00. The molecule has 5 aliphatic rings. The summed E-state index contributed by atoms with van der Waals surface area (Å²) in [5.41, 5.74) is -2.16. The summed E-state index contributed by atoms with van der Waals surface area (Å²) in [5, 5.41) is 11.4. The molecule has 0 amide bonds. The zero-order valence-corrected chi connectivity index (χ0v) is 17.4. The van der Waals surface area contributed by atoms with Gasteiger partial charge >= 0.3 is 0 Å². The minimum Gasteiger partial charge on any atom is -0.381 e. The van der Waals surface area contributed by atoms with Gasteiger partial charge in [-0.1, -0.05) is 6.92 Å². The molecule has 29 heavy (non-hydrogen) atoms. The fraction of sp³-hybridized carbons (Fsp3) is 0.818. The molecule has 5 rings (SSSR count). The van der Waals surface area contributed by atoms with E-state index in [0.29, 0.717) is 50.7 Å². The van der Waals surface area contributed by atoms with Crippen molar-refractivity contribution in [2.75, 3.05) is 19.3 Å². The molecule has 0 aromatic heterocycles. The van der Waals surface area contributed by atoms with Gasteiger partial charge in [-0.3, -0.25) is 9.59 Å². The number of ketones is 2. The van der Waals surface area contributed by atoms with Crippen LogP contribution in [0.1, 0.15) is 45.4 Å². The van der Waals surface area contributed by atoms with Crippen LogP contribution in [0.2, 0.25) is 0 Å². The van der Waals surface area contributed by atoms with Gasteiger partial charge in [-0.15, -0.1) is 11.6 Å². The van der Waals surface area contributed by atoms with Crippen LogP contribution in [0.25, 0.3) is 0 Å². The third kappa shape index (κ3) is 2.49. The zero-order valence-electron chi connectivity index (χ0n) is 16.7. The molecule has 1 N–H and O–H groups in total. The number of fused-ring (bicyclic) bond motifs is 2. The summed E-state index contributed by atoms with van der Waals surface area (Å²) in [6.07, 6.45) is 2.88. The Morgan fingerprint density at radius 3 is 2.97 bits per heavy atom. The number of alkyl halides is 2. The Morgan fingerprint density at radius 1 is 1.41 bits per heavy atom. The molecule has 1 aliphatic heterocycles. The lowest BCUT2D eigenvalue weighted by atomic mass is 9.44. The number of hydrogen-bond donors (Lipinski definition) is 1. The lowest BCUT2D eigenvalue weighted by Gasteiger charge is -2.61. The van der Waals surface area contributed by atoms with Gasteiger partial charge in [-0.25, -0.2) is 4.39 Å². The second-order valence-electron chi connectivity index (χ2n) is 9.97. The molecule has 1 heterocycles. The van der Waals surface area contributed by atoms with Crippen molar-refractivity contribution < 1.29 is 28.6 Å². The first-order valence-corrected chi connectivity index (χ1v) is 11.2. The van der Waals surface area contributed by atoms with Crippen molar-refractivity contribution in [3.8, 4) is 0 Å². The van der Waals surface area contributed by atoms with Gasteiger partial charge in [0, 0.05) is 23.2 Å². The molecule has 5 nitrogen and oxygen atoms in total. The summed E-state index contributed by atoms with van der Waals surface area (Å²) in [7, 11) is 0. The minimum atomic E-state index is -1.50. The van der Waals surface area contributed by atoms with Gasteiger partial charge in [0.1, 0.15) is 18.6 Å². The van der Waals surface area contributed by atoms with Crippen molar-refractivity contribution in [2.24, 2.45) is 28.6 Å². The van der Waals surface area contributed by atoms with Crippen LogP contribution in [0.3, 0.4) is 0 Å². The molecule has 7 heteroatoms. The van der Waals surface area contributed by atoms with E-state index in [1.807, 2.05) is 6.92 Å². The molecule has 1 spiro atoms. The molecule has 3 saturated carbocycles. The largest absolute Gasteiger partial charge is 0.381 e. The number of rotatable bonds is 2. The molecular weight excluding hydrogens is 399 g/mol. The van der Waals surface area contributed by atoms with Crippen LogP contribution < -0.4 is 0 Å². The molecule has 0 aromatic carbocycles. The molecule has 1 saturated heterocycles. The summed E-state index contributed by atoms with van der Waals surface area (Å²) >= 11 is 5.85. The highest BCUT2D eigenvalue weighted by molar-refractivity contribution is 6.29. The molecule has 4 aliphatic carbocycles. The van der Waals surface area contributed by atoms with Gasteiger partial charge in [-0.2, -0.15) is 0 Å². The second-order valence-corrected chi connectivity index (χ2v) is 10.2. The molecule has 8 atom stereocenters. The maximum absolute atomic E-state index is 15.5. The molecular formula is C22H28ClFO5. The number of carbonyl (C=O) groups is 2. The summed E-state index contributed by atoms with van der Waals surface area (Å²) in [5.74, 6) is -0.583. The topological polar surface area (TPSA) is 72.8 Å². The van der Waals surface area contributed by atoms with Crippen molar-refractivity contribution in [3.05, 3.63) is 11.6 Å². The van der Waals surface area contributed by atoms with Crippen LogP contribution in [-0.2, 0) is 19.1 Å². The van der Waals surface area contributed by atoms with Crippen molar-refractivity contribution in [1.82, 2.24) is 0 Å². The van der Waals surface area contributed by atoms with Crippen molar-refractivity contribution in [2.45, 2.75) is 63.3 Å². The number of halogens is 2. The Hall–Kier alpha value is -0.820. The maximum Gasteiger partial charge on any atom is 0.179 e. The Morgan fingerprint density at radius 2 is 2.21 bits per heavy atom. The SMILES string of the molecule is C[C@]12C[C@@H]3OCOC[C@]45CCC(=O)C=C4[C@H](F)C[C@H]([C@H]35)[C@@H]1CC[C@]2(O)C(=O)CCl. The average molecular weight is 427 g/mol. The lowest BCUT2D eigenvalue weighted by Crippen LogP contribution is -2.64. The molecule has 0 unspecified atom stereocenters. The highest BCUT2D eigenvalue weighted by atomic mass is 35.5. The van der Waals surface area contributed by atoms with Crippen LogP contribution in [-0.4, -0.2) is 53.8 Å².